The molecule has 138 valence electrons. The number of nitrogens with one attached hydrogen (secondary N) is 1. The van der Waals surface area contributed by atoms with Crippen LogP contribution in [0.15, 0.2) is 34.9 Å². The topological polar surface area (TPSA) is 62.6 Å². The van der Waals surface area contributed by atoms with E-state index in [9.17, 15) is 14.0 Å². The standard InChI is InChI=1S/C20H23FN2O3/c1-13-3-4-15(11-18(13)21)12-22-19(24)16-5-8-23(9-6-16)20(25)17-7-10-26-14(17)2/h3-4,7,10-11,16H,5-6,8-9,12H2,1-2H3,(H,22,24). The smallest absolute Gasteiger partial charge is 0.257 e. The van der Waals surface area contributed by atoms with Crippen molar-refractivity contribution in [2.75, 3.05) is 13.1 Å². The first-order valence-corrected chi connectivity index (χ1v) is 8.82. The van der Waals surface area contributed by atoms with Gasteiger partial charge in [-0.05, 0) is 49.9 Å². The van der Waals surface area contributed by atoms with Crippen LogP contribution in [-0.4, -0.2) is 29.8 Å². The van der Waals surface area contributed by atoms with Crippen molar-refractivity contribution in [1.82, 2.24) is 10.2 Å². The number of furan rings is 1. The second-order valence-corrected chi connectivity index (χ2v) is 6.76. The van der Waals surface area contributed by atoms with E-state index in [0.717, 1.165) is 5.56 Å². The van der Waals surface area contributed by atoms with E-state index >= 15 is 0 Å². The number of carbonyl (C=O) groups is 2. The molecule has 0 bridgehead atoms. The number of halogens is 1. The molecule has 1 N–H and O–H groups in total. The van der Waals surface area contributed by atoms with Gasteiger partial charge in [0.15, 0.2) is 0 Å². The maximum Gasteiger partial charge on any atom is 0.257 e. The van der Waals surface area contributed by atoms with Gasteiger partial charge in [0.2, 0.25) is 5.91 Å². The van der Waals surface area contributed by atoms with Crippen molar-refractivity contribution >= 4 is 11.8 Å². The summed E-state index contributed by atoms with van der Waals surface area (Å²) in [4.78, 5) is 26.6. The summed E-state index contributed by atoms with van der Waals surface area (Å²) in [6.07, 6.45) is 2.75. The van der Waals surface area contributed by atoms with Crippen LogP contribution in [0.2, 0.25) is 0 Å². The molecule has 1 fully saturated rings. The molecular weight excluding hydrogens is 335 g/mol. The molecule has 26 heavy (non-hydrogen) atoms. The third-order valence-electron chi connectivity index (χ3n) is 4.95. The van der Waals surface area contributed by atoms with Gasteiger partial charge >= 0.3 is 0 Å². The van der Waals surface area contributed by atoms with Crippen LogP contribution in [0.1, 0.15) is 40.1 Å². The summed E-state index contributed by atoms with van der Waals surface area (Å²) >= 11 is 0. The van der Waals surface area contributed by atoms with Gasteiger partial charge in [-0.1, -0.05) is 12.1 Å². The normalized spacial score (nSPS) is 15.1. The molecule has 1 aromatic heterocycles. The Kier molecular flexibility index (Phi) is 5.40. The number of hydrogen-bond acceptors (Lipinski definition) is 3. The summed E-state index contributed by atoms with van der Waals surface area (Å²) in [6, 6.07) is 6.65. The molecule has 2 heterocycles. The number of rotatable bonds is 4. The molecule has 0 aliphatic carbocycles. The lowest BCUT2D eigenvalue weighted by Crippen LogP contribution is -2.43. The van der Waals surface area contributed by atoms with Crippen molar-refractivity contribution in [3.8, 4) is 0 Å². The highest BCUT2D eigenvalue weighted by atomic mass is 19.1. The lowest BCUT2D eigenvalue weighted by atomic mass is 9.95. The van der Waals surface area contributed by atoms with E-state index in [4.69, 9.17) is 4.42 Å². The van der Waals surface area contributed by atoms with Gasteiger partial charge in [-0.15, -0.1) is 0 Å². The van der Waals surface area contributed by atoms with Crippen LogP contribution in [0, 0.1) is 25.6 Å². The number of aryl methyl sites for hydroxylation is 2. The third kappa shape index (κ3) is 3.95. The van der Waals surface area contributed by atoms with Gasteiger partial charge in [-0.2, -0.15) is 0 Å². The average molecular weight is 358 g/mol. The van der Waals surface area contributed by atoms with Crippen molar-refractivity contribution < 1.29 is 18.4 Å². The Bertz CT molecular complexity index is 807. The zero-order valence-electron chi connectivity index (χ0n) is 15.0. The minimum Gasteiger partial charge on any atom is -0.469 e. The first-order valence-electron chi connectivity index (χ1n) is 8.82. The zero-order chi connectivity index (χ0) is 18.7. The van der Waals surface area contributed by atoms with Crippen molar-refractivity contribution in [2.24, 2.45) is 5.92 Å². The average Bonchev–Trinajstić information content (AvgIpc) is 3.08. The largest absolute Gasteiger partial charge is 0.469 e. The third-order valence-corrected chi connectivity index (χ3v) is 4.95. The van der Waals surface area contributed by atoms with Crippen LogP contribution >= 0.6 is 0 Å². The molecule has 1 aromatic carbocycles. The highest BCUT2D eigenvalue weighted by Gasteiger charge is 2.28. The second kappa shape index (κ2) is 7.72. The first-order chi connectivity index (χ1) is 12.5. The van der Waals surface area contributed by atoms with Crippen LogP contribution in [-0.2, 0) is 11.3 Å². The predicted octanol–water partition coefficient (Wildman–Crippen LogP) is 3.20. The molecule has 6 heteroatoms. The number of hydrogen-bond donors (Lipinski definition) is 1. The van der Waals surface area contributed by atoms with Crippen LogP contribution in [0.3, 0.4) is 0 Å². The Labute approximate surface area is 152 Å². The maximum atomic E-state index is 13.6. The van der Waals surface area contributed by atoms with E-state index in [1.54, 1.807) is 30.9 Å². The summed E-state index contributed by atoms with van der Waals surface area (Å²) in [6.45, 7) is 4.87. The van der Waals surface area contributed by atoms with E-state index < -0.39 is 0 Å². The van der Waals surface area contributed by atoms with Gasteiger partial charge in [-0.3, -0.25) is 9.59 Å². The fourth-order valence-corrected chi connectivity index (χ4v) is 3.20. The first kappa shape index (κ1) is 18.2. The molecule has 2 amide bonds. The molecule has 0 radical (unpaired) electrons. The van der Waals surface area contributed by atoms with Crippen molar-refractivity contribution in [3.63, 3.8) is 0 Å². The molecule has 0 atom stereocenters. The van der Waals surface area contributed by atoms with Crippen molar-refractivity contribution in [1.29, 1.82) is 0 Å². The molecular formula is C20H23FN2O3. The minimum absolute atomic E-state index is 0.0439. The summed E-state index contributed by atoms with van der Waals surface area (Å²) in [5.74, 6) is 0.126. The van der Waals surface area contributed by atoms with E-state index in [1.807, 2.05) is 6.07 Å². The lowest BCUT2D eigenvalue weighted by Gasteiger charge is -2.31. The maximum absolute atomic E-state index is 13.6. The van der Waals surface area contributed by atoms with Gasteiger partial charge in [0.05, 0.1) is 11.8 Å². The fraction of sp³-hybridized carbons (Fsp3) is 0.400. The number of benzene rings is 1. The number of nitrogens with zero attached hydrogens (tertiary/aromatic N) is 1. The second-order valence-electron chi connectivity index (χ2n) is 6.76. The van der Waals surface area contributed by atoms with Gasteiger partial charge in [0.1, 0.15) is 11.6 Å². The zero-order valence-corrected chi connectivity index (χ0v) is 15.0. The molecule has 1 saturated heterocycles. The lowest BCUT2D eigenvalue weighted by molar-refractivity contribution is -0.126. The van der Waals surface area contributed by atoms with Crippen LogP contribution in [0.4, 0.5) is 4.39 Å². The molecule has 0 spiro atoms. The Morgan fingerprint density at radius 1 is 1.23 bits per heavy atom. The van der Waals surface area contributed by atoms with E-state index in [1.165, 1.54) is 12.3 Å². The van der Waals surface area contributed by atoms with Gasteiger partial charge in [-0.25, -0.2) is 4.39 Å². The highest BCUT2D eigenvalue weighted by Crippen LogP contribution is 2.21. The number of likely N-dealkylation sites (tertiary alicyclic amines) is 1. The van der Waals surface area contributed by atoms with Crippen LogP contribution in [0.5, 0.6) is 0 Å². The molecule has 1 aliphatic rings. The number of amides is 2. The summed E-state index contributed by atoms with van der Waals surface area (Å²) in [7, 11) is 0. The van der Waals surface area contributed by atoms with E-state index in [0.29, 0.717) is 49.4 Å². The van der Waals surface area contributed by atoms with Crippen LogP contribution < -0.4 is 5.32 Å². The van der Waals surface area contributed by atoms with E-state index in [2.05, 4.69) is 5.32 Å². The molecule has 0 saturated carbocycles. The molecule has 0 unspecified atom stereocenters. The minimum atomic E-state index is -0.266. The van der Waals surface area contributed by atoms with Crippen molar-refractivity contribution in [3.05, 3.63) is 58.8 Å². The molecule has 5 nitrogen and oxygen atoms in total. The summed E-state index contributed by atoms with van der Waals surface area (Å²) in [5, 5.41) is 2.87. The summed E-state index contributed by atoms with van der Waals surface area (Å²) < 4.78 is 18.8. The Hall–Kier alpha value is -2.63. The predicted molar refractivity (Wildman–Crippen MR) is 95.1 cm³/mol. The van der Waals surface area contributed by atoms with Crippen LogP contribution in [0.25, 0.3) is 0 Å². The quantitative estimate of drug-likeness (QED) is 0.913. The van der Waals surface area contributed by atoms with Gasteiger partial charge in [0, 0.05) is 25.6 Å². The monoisotopic (exact) mass is 358 g/mol. The van der Waals surface area contributed by atoms with E-state index in [-0.39, 0.29) is 23.5 Å². The van der Waals surface area contributed by atoms with Gasteiger partial charge < -0.3 is 14.6 Å². The Balaban J connectivity index is 1.49. The SMILES string of the molecule is Cc1ccc(CNC(=O)C2CCN(C(=O)c3ccoc3C)CC2)cc1F. The fourth-order valence-electron chi connectivity index (χ4n) is 3.20. The van der Waals surface area contributed by atoms with Crippen molar-refractivity contribution in [2.45, 2.75) is 33.2 Å². The molecule has 2 aromatic rings. The number of carbonyl (C=O) groups excluding carboxylic acids is 2. The highest BCUT2D eigenvalue weighted by molar-refractivity contribution is 5.95. The van der Waals surface area contributed by atoms with Gasteiger partial charge in [0.25, 0.3) is 5.91 Å². The Morgan fingerprint density at radius 2 is 1.96 bits per heavy atom. The summed E-state index contributed by atoms with van der Waals surface area (Å²) in [5.41, 5.74) is 1.91. The number of piperidine rings is 1. The molecule has 1 aliphatic heterocycles. The Morgan fingerprint density at radius 3 is 2.58 bits per heavy atom. The molecule has 3 rings (SSSR count).